The van der Waals surface area contributed by atoms with Crippen molar-refractivity contribution in [3.05, 3.63) is 64.1 Å². The van der Waals surface area contributed by atoms with Crippen molar-refractivity contribution in [3.63, 3.8) is 0 Å². The first-order chi connectivity index (χ1) is 10.1. The molecule has 0 aliphatic rings. The average molecular weight is 348 g/mol. The Hall–Kier alpha value is -1.32. The Kier molecular flexibility index (Phi) is 5.83. The molecule has 21 heavy (non-hydrogen) atoms. The first kappa shape index (κ1) is 16.1. The summed E-state index contributed by atoms with van der Waals surface area (Å²) < 4.78 is 6.42. The van der Waals surface area contributed by atoms with Gasteiger partial charge in [0.15, 0.2) is 0 Å². The molecule has 0 aliphatic carbocycles. The maximum absolute atomic E-state index is 5.30. The van der Waals surface area contributed by atoms with Crippen molar-refractivity contribution in [2.75, 3.05) is 7.11 Å². The third kappa shape index (κ3) is 4.32. The fraction of sp³-hybridized carbons (Fsp3) is 0.333. The fourth-order valence-corrected chi connectivity index (χ4v) is 2.90. The molecule has 2 aromatic carbocycles. The Morgan fingerprint density at radius 1 is 1.10 bits per heavy atom. The van der Waals surface area contributed by atoms with Crippen LogP contribution in [0.15, 0.2) is 53.0 Å². The van der Waals surface area contributed by atoms with Crippen LogP contribution in [0.3, 0.4) is 0 Å². The van der Waals surface area contributed by atoms with Gasteiger partial charge in [0.2, 0.25) is 0 Å². The maximum Gasteiger partial charge on any atom is 0.119 e. The lowest BCUT2D eigenvalue weighted by molar-refractivity contribution is 0.411. The number of rotatable bonds is 6. The lowest BCUT2D eigenvalue weighted by atomic mass is 10.0. The largest absolute Gasteiger partial charge is 0.497 e. The zero-order valence-electron chi connectivity index (χ0n) is 12.8. The van der Waals surface area contributed by atoms with E-state index >= 15 is 0 Å². The molecular weight excluding hydrogens is 326 g/mol. The van der Waals surface area contributed by atoms with E-state index in [1.165, 1.54) is 11.1 Å². The third-order valence-electron chi connectivity index (χ3n) is 3.70. The minimum atomic E-state index is 0.268. The molecule has 2 rings (SSSR count). The number of methoxy groups -OCH3 is 1. The summed E-state index contributed by atoms with van der Waals surface area (Å²) in [4.78, 5) is 0. The first-order valence-corrected chi connectivity index (χ1v) is 8.08. The summed E-state index contributed by atoms with van der Waals surface area (Å²) in [6, 6.07) is 17.3. The van der Waals surface area contributed by atoms with Crippen molar-refractivity contribution >= 4 is 15.9 Å². The van der Waals surface area contributed by atoms with Crippen LogP contribution in [0.1, 0.15) is 43.5 Å². The van der Waals surface area contributed by atoms with Crippen LogP contribution in [0.4, 0.5) is 0 Å². The second kappa shape index (κ2) is 7.62. The number of halogens is 1. The molecule has 3 heteroatoms. The van der Waals surface area contributed by atoms with Crippen LogP contribution in [-0.4, -0.2) is 7.11 Å². The van der Waals surface area contributed by atoms with Gasteiger partial charge in [0.1, 0.15) is 5.75 Å². The van der Waals surface area contributed by atoms with Crippen molar-refractivity contribution in [2.45, 2.75) is 32.4 Å². The summed E-state index contributed by atoms with van der Waals surface area (Å²) in [7, 11) is 1.70. The van der Waals surface area contributed by atoms with E-state index in [4.69, 9.17) is 4.74 Å². The van der Waals surface area contributed by atoms with E-state index in [1.54, 1.807) is 7.11 Å². The molecule has 2 unspecified atom stereocenters. The zero-order valence-corrected chi connectivity index (χ0v) is 14.4. The number of hydrogen-bond acceptors (Lipinski definition) is 2. The normalized spacial score (nSPS) is 13.7. The van der Waals surface area contributed by atoms with E-state index in [2.05, 4.69) is 71.5 Å². The van der Waals surface area contributed by atoms with E-state index in [0.717, 1.165) is 16.6 Å². The van der Waals surface area contributed by atoms with E-state index in [1.807, 2.05) is 12.1 Å². The molecular formula is C18H22BrNO. The number of nitrogens with one attached hydrogen (secondary N) is 1. The van der Waals surface area contributed by atoms with Crippen molar-refractivity contribution in [1.29, 1.82) is 0 Å². The molecule has 2 nitrogen and oxygen atoms in total. The highest BCUT2D eigenvalue weighted by Crippen LogP contribution is 2.25. The Bertz CT molecular complexity index is 585. The topological polar surface area (TPSA) is 21.3 Å². The third-order valence-corrected chi connectivity index (χ3v) is 4.20. The molecule has 0 aromatic heterocycles. The van der Waals surface area contributed by atoms with Crippen molar-refractivity contribution in [1.82, 2.24) is 5.32 Å². The second-order valence-electron chi connectivity index (χ2n) is 5.18. The smallest absolute Gasteiger partial charge is 0.119 e. The molecule has 2 atom stereocenters. The van der Waals surface area contributed by atoms with Gasteiger partial charge in [0.05, 0.1) is 7.11 Å². The highest BCUT2D eigenvalue weighted by molar-refractivity contribution is 9.10. The number of ether oxygens (including phenoxy) is 1. The Balaban J connectivity index is 2.14. The Morgan fingerprint density at radius 2 is 1.81 bits per heavy atom. The highest BCUT2D eigenvalue weighted by Gasteiger charge is 2.14. The van der Waals surface area contributed by atoms with Crippen LogP contribution < -0.4 is 10.1 Å². The molecule has 0 heterocycles. The van der Waals surface area contributed by atoms with Gasteiger partial charge in [-0.25, -0.2) is 0 Å². The summed E-state index contributed by atoms with van der Waals surface area (Å²) in [5.74, 6) is 0.900. The summed E-state index contributed by atoms with van der Waals surface area (Å²) in [5.41, 5.74) is 2.55. The van der Waals surface area contributed by atoms with Crippen LogP contribution in [0.25, 0.3) is 0 Å². The lowest BCUT2D eigenvalue weighted by Gasteiger charge is -2.23. The van der Waals surface area contributed by atoms with E-state index in [-0.39, 0.29) is 6.04 Å². The monoisotopic (exact) mass is 347 g/mol. The van der Waals surface area contributed by atoms with E-state index in [0.29, 0.717) is 6.04 Å². The summed E-state index contributed by atoms with van der Waals surface area (Å²) in [6.45, 7) is 4.40. The zero-order chi connectivity index (χ0) is 15.2. The molecule has 112 valence electrons. The van der Waals surface area contributed by atoms with Crippen molar-refractivity contribution in [2.24, 2.45) is 0 Å². The molecule has 0 saturated carbocycles. The molecule has 2 aromatic rings. The quantitative estimate of drug-likeness (QED) is 0.769. The SMILES string of the molecule is CCC(NC(C)c1cccc(OC)c1)c1cccc(Br)c1. The van der Waals surface area contributed by atoms with Crippen LogP contribution in [-0.2, 0) is 0 Å². The van der Waals surface area contributed by atoms with Crippen LogP contribution in [0, 0.1) is 0 Å². The van der Waals surface area contributed by atoms with E-state index < -0.39 is 0 Å². The van der Waals surface area contributed by atoms with Gasteiger partial charge in [-0.1, -0.05) is 47.1 Å². The van der Waals surface area contributed by atoms with Gasteiger partial charge >= 0.3 is 0 Å². The first-order valence-electron chi connectivity index (χ1n) is 7.29. The molecule has 0 saturated heterocycles. The molecule has 0 amide bonds. The fourth-order valence-electron chi connectivity index (χ4n) is 2.48. The van der Waals surface area contributed by atoms with Gasteiger partial charge in [-0.15, -0.1) is 0 Å². The van der Waals surface area contributed by atoms with Gasteiger partial charge in [0.25, 0.3) is 0 Å². The van der Waals surface area contributed by atoms with Crippen LogP contribution >= 0.6 is 15.9 Å². The standard InChI is InChI=1S/C18H22BrNO/c1-4-18(15-8-5-9-16(19)11-15)20-13(2)14-7-6-10-17(12-14)21-3/h5-13,18,20H,4H2,1-3H3. The van der Waals surface area contributed by atoms with Gasteiger partial charge in [-0.05, 0) is 48.7 Å². The predicted molar refractivity (Wildman–Crippen MR) is 91.7 cm³/mol. The summed E-state index contributed by atoms with van der Waals surface area (Å²) >= 11 is 3.55. The summed E-state index contributed by atoms with van der Waals surface area (Å²) in [5, 5.41) is 3.70. The Morgan fingerprint density at radius 3 is 2.48 bits per heavy atom. The van der Waals surface area contributed by atoms with Crippen LogP contribution in [0.5, 0.6) is 5.75 Å². The minimum absolute atomic E-state index is 0.268. The highest BCUT2D eigenvalue weighted by atomic mass is 79.9. The molecule has 1 N–H and O–H groups in total. The molecule has 0 spiro atoms. The van der Waals surface area contributed by atoms with Crippen LogP contribution in [0.2, 0.25) is 0 Å². The van der Waals surface area contributed by atoms with Gasteiger partial charge < -0.3 is 10.1 Å². The minimum Gasteiger partial charge on any atom is -0.497 e. The molecule has 0 bridgehead atoms. The maximum atomic E-state index is 5.30. The van der Waals surface area contributed by atoms with Crippen molar-refractivity contribution < 1.29 is 4.74 Å². The van der Waals surface area contributed by atoms with Gasteiger partial charge in [-0.2, -0.15) is 0 Å². The number of hydrogen-bond donors (Lipinski definition) is 1. The number of benzene rings is 2. The molecule has 0 radical (unpaired) electrons. The van der Waals surface area contributed by atoms with Gasteiger partial charge in [-0.3, -0.25) is 0 Å². The molecule has 0 fully saturated rings. The van der Waals surface area contributed by atoms with Gasteiger partial charge in [0, 0.05) is 16.6 Å². The lowest BCUT2D eigenvalue weighted by Crippen LogP contribution is -2.24. The average Bonchev–Trinajstić information content (AvgIpc) is 2.52. The predicted octanol–water partition coefficient (Wildman–Crippen LogP) is 5.26. The molecule has 0 aliphatic heterocycles. The Labute approximate surface area is 135 Å². The van der Waals surface area contributed by atoms with E-state index in [9.17, 15) is 0 Å². The second-order valence-corrected chi connectivity index (χ2v) is 6.10. The van der Waals surface area contributed by atoms with Crippen molar-refractivity contribution in [3.8, 4) is 5.75 Å². The summed E-state index contributed by atoms with van der Waals surface area (Å²) in [6.07, 6.45) is 1.05.